The van der Waals surface area contributed by atoms with Gasteiger partial charge in [0.1, 0.15) is 0 Å². The minimum absolute atomic E-state index is 0.0943. The van der Waals surface area contributed by atoms with Crippen LogP contribution in [0.5, 0.6) is 23.0 Å². The number of rotatable bonds is 9. The highest BCUT2D eigenvalue weighted by Gasteiger charge is 2.34. The lowest BCUT2D eigenvalue weighted by Crippen LogP contribution is -2.40. The third-order valence-corrected chi connectivity index (χ3v) is 7.27. The second-order valence-electron chi connectivity index (χ2n) is 10.1. The van der Waals surface area contributed by atoms with E-state index in [1.807, 2.05) is 13.8 Å². The molecule has 43 heavy (non-hydrogen) atoms. The summed E-state index contributed by atoms with van der Waals surface area (Å²) >= 11 is 1.16. The number of carbonyl (C=O) groups is 3. The number of hydrogen-bond donors (Lipinski definition) is 0. The van der Waals surface area contributed by atoms with Gasteiger partial charge in [-0.05, 0) is 54.3 Å². The van der Waals surface area contributed by atoms with E-state index in [9.17, 15) is 19.2 Å². The Balaban J connectivity index is 1.90. The first-order valence-electron chi connectivity index (χ1n) is 13.4. The fraction of sp³-hybridized carbons (Fsp3) is 0.323. The summed E-state index contributed by atoms with van der Waals surface area (Å²) in [5, 5.41) is 0. The van der Waals surface area contributed by atoms with Crippen LogP contribution < -0.4 is 33.8 Å². The van der Waals surface area contributed by atoms with E-state index in [4.69, 9.17) is 23.7 Å². The monoisotopic (exact) mass is 608 g/mol. The molecule has 4 rings (SSSR count). The third-order valence-electron chi connectivity index (χ3n) is 6.29. The van der Waals surface area contributed by atoms with Crippen LogP contribution in [0.1, 0.15) is 51.8 Å². The molecule has 0 spiro atoms. The van der Waals surface area contributed by atoms with Crippen molar-refractivity contribution in [2.24, 2.45) is 10.9 Å². The standard InChI is InChI=1S/C31H32N2O9S/c1-16(2)15-40-30(37)27-17(3)32-31-33(28(27)21-9-11-23(42-19(5)35)25(14-21)39-7)29(36)26(43-31)13-20-8-10-22(41-18(4)34)24(12-20)38-6/h8-14,16,28H,15H2,1-7H3. The van der Waals surface area contributed by atoms with E-state index in [0.717, 1.165) is 11.3 Å². The Kier molecular flexibility index (Phi) is 9.50. The first-order valence-corrected chi connectivity index (χ1v) is 14.2. The Morgan fingerprint density at radius 2 is 1.56 bits per heavy atom. The molecule has 0 N–H and O–H groups in total. The molecule has 0 saturated heterocycles. The topological polar surface area (TPSA) is 132 Å². The van der Waals surface area contributed by atoms with Crippen molar-refractivity contribution in [1.82, 2.24) is 4.57 Å². The van der Waals surface area contributed by atoms with Crippen molar-refractivity contribution >= 4 is 35.3 Å². The smallest absolute Gasteiger partial charge is 0.338 e. The molecular weight excluding hydrogens is 576 g/mol. The quantitative estimate of drug-likeness (QED) is 0.265. The van der Waals surface area contributed by atoms with Crippen molar-refractivity contribution in [2.75, 3.05) is 20.8 Å². The van der Waals surface area contributed by atoms with Crippen LogP contribution >= 0.6 is 11.3 Å². The fourth-order valence-corrected chi connectivity index (χ4v) is 5.52. The highest BCUT2D eigenvalue weighted by Crippen LogP contribution is 2.36. The zero-order chi connectivity index (χ0) is 31.4. The molecule has 1 aliphatic heterocycles. The Labute approximate surface area is 251 Å². The lowest BCUT2D eigenvalue weighted by Gasteiger charge is -2.25. The summed E-state index contributed by atoms with van der Waals surface area (Å²) in [7, 11) is 2.88. The van der Waals surface area contributed by atoms with E-state index in [-0.39, 0.29) is 40.9 Å². The number of methoxy groups -OCH3 is 2. The van der Waals surface area contributed by atoms with Crippen molar-refractivity contribution < 1.29 is 38.1 Å². The molecular formula is C31H32N2O9S. The molecule has 12 heteroatoms. The summed E-state index contributed by atoms with van der Waals surface area (Å²) in [5.41, 5.74) is 1.37. The molecule has 0 bridgehead atoms. The van der Waals surface area contributed by atoms with Crippen LogP contribution in [0.25, 0.3) is 6.08 Å². The van der Waals surface area contributed by atoms with E-state index in [2.05, 4.69) is 4.99 Å². The highest BCUT2D eigenvalue weighted by molar-refractivity contribution is 7.07. The first-order chi connectivity index (χ1) is 20.4. The van der Waals surface area contributed by atoms with Gasteiger partial charge in [0.25, 0.3) is 5.56 Å². The van der Waals surface area contributed by atoms with Gasteiger partial charge in [0.2, 0.25) is 0 Å². The first kappa shape index (κ1) is 31.2. The number of allylic oxidation sites excluding steroid dienone is 1. The van der Waals surface area contributed by atoms with Gasteiger partial charge in [-0.3, -0.25) is 19.0 Å². The van der Waals surface area contributed by atoms with E-state index in [1.165, 1.54) is 32.6 Å². The maximum atomic E-state index is 14.0. The summed E-state index contributed by atoms with van der Waals surface area (Å²) in [6, 6.07) is 8.84. The maximum Gasteiger partial charge on any atom is 0.338 e. The van der Waals surface area contributed by atoms with Gasteiger partial charge >= 0.3 is 17.9 Å². The summed E-state index contributed by atoms with van der Waals surface area (Å²) in [6.07, 6.45) is 1.67. The second-order valence-corrected chi connectivity index (χ2v) is 11.1. The average Bonchev–Trinajstić information content (AvgIpc) is 3.25. The summed E-state index contributed by atoms with van der Waals surface area (Å²) in [6.45, 7) is 8.30. The second kappa shape index (κ2) is 13.1. The normalized spacial score (nSPS) is 14.6. The number of fused-ring (bicyclic) bond motifs is 1. The number of nitrogens with zero attached hydrogens (tertiary/aromatic N) is 2. The number of esters is 3. The van der Waals surface area contributed by atoms with Gasteiger partial charge in [0, 0.05) is 13.8 Å². The lowest BCUT2D eigenvalue weighted by molar-refractivity contribution is -0.140. The van der Waals surface area contributed by atoms with Crippen molar-refractivity contribution in [3.8, 4) is 23.0 Å². The number of ether oxygens (including phenoxy) is 5. The Bertz CT molecular complexity index is 1800. The maximum absolute atomic E-state index is 14.0. The van der Waals surface area contributed by atoms with Crippen LogP contribution in [0, 0.1) is 5.92 Å². The largest absolute Gasteiger partial charge is 0.493 e. The van der Waals surface area contributed by atoms with Gasteiger partial charge in [-0.1, -0.05) is 37.3 Å². The molecule has 226 valence electrons. The van der Waals surface area contributed by atoms with Gasteiger partial charge < -0.3 is 23.7 Å². The van der Waals surface area contributed by atoms with Gasteiger partial charge in [-0.2, -0.15) is 0 Å². The minimum atomic E-state index is -0.904. The minimum Gasteiger partial charge on any atom is -0.493 e. The Hall–Kier alpha value is -4.71. The molecule has 0 aliphatic carbocycles. The highest BCUT2D eigenvalue weighted by atomic mass is 32.1. The predicted octanol–water partition coefficient (Wildman–Crippen LogP) is 3.30. The molecule has 1 aliphatic rings. The average molecular weight is 609 g/mol. The SMILES string of the molecule is COc1cc(C=c2sc3n(c2=O)C(c2ccc(OC(C)=O)c(OC)c2)C(C(=O)OCC(C)C)=C(C)N=3)ccc1OC(C)=O. The van der Waals surface area contributed by atoms with Gasteiger partial charge in [0.05, 0.1) is 42.7 Å². The molecule has 3 aromatic rings. The molecule has 1 unspecified atom stereocenters. The lowest BCUT2D eigenvalue weighted by atomic mass is 9.95. The van der Waals surface area contributed by atoms with E-state index >= 15 is 0 Å². The zero-order valence-electron chi connectivity index (χ0n) is 24.9. The molecule has 0 amide bonds. The fourth-order valence-electron chi connectivity index (χ4n) is 4.48. The number of hydrogen-bond acceptors (Lipinski definition) is 11. The van der Waals surface area contributed by atoms with Crippen LogP contribution in [0.4, 0.5) is 0 Å². The Morgan fingerprint density at radius 1 is 0.953 bits per heavy atom. The van der Waals surface area contributed by atoms with Crippen LogP contribution in [0.3, 0.4) is 0 Å². The molecule has 11 nitrogen and oxygen atoms in total. The predicted molar refractivity (Wildman–Crippen MR) is 158 cm³/mol. The number of benzene rings is 2. The van der Waals surface area contributed by atoms with Crippen LogP contribution in [0.15, 0.2) is 57.5 Å². The van der Waals surface area contributed by atoms with Crippen molar-refractivity contribution in [1.29, 1.82) is 0 Å². The van der Waals surface area contributed by atoms with E-state index in [1.54, 1.807) is 49.4 Å². The molecule has 2 heterocycles. The summed E-state index contributed by atoms with van der Waals surface area (Å²) < 4.78 is 28.7. The molecule has 1 atom stereocenters. The molecule has 0 fully saturated rings. The zero-order valence-corrected chi connectivity index (χ0v) is 25.7. The molecule has 2 aromatic carbocycles. The number of aromatic nitrogens is 1. The summed E-state index contributed by atoms with van der Waals surface area (Å²) in [5.74, 6) is -0.498. The molecule has 0 radical (unpaired) electrons. The van der Waals surface area contributed by atoms with Crippen LogP contribution in [0.2, 0.25) is 0 Å². The van der Waals surface area contributed by atoms with Crippen molar-refractivity contribution in [3.05, 3.63) is 78.5 Å². The van der Waals surface area contributed by atoms with Crippen molar-refractivity contribution in [2.45, 2.75) is 40.7 Å². The number of thiazole rings is 1. The number of carbonyl (C=O) groups excluding carboxylic acids is 3. The van der Waals surface area contributed by atoms with Gasteiger partial charge in [0.15, 0.2) is 27.8 Å². The molecule has 1 aromatic heterocycles. The van der Waals surface area contributed by atoms with E-state index < -0.39 is 23.9 Å². The Morgan fingerprint density at radius 3 is 2.14 bits per heavy atom. The van der Waals surface area contributed by atoms with Crippen LogP contribution in [-0.2, 0) is 19.1 Å². The molecule has 0 saturated carbocycles. The van der Waals surface area contributed by atoms with Crippen LogP contribution in [-0.4, -0.2) is 43.3 Å². The van der Waals surface area contributed by atoms with E-state index in [0.29, 0.717) is 31.9 Å². The van der Waals surface area contributed by atoms with Gasteiger partial charge in [-0.15, -0.1) is 0 Å². The van der Waals surface area contributed by atoms with Gasteiger partial charge in [-0.25, -0.2) is 9.79 Å². The third kappa shape index (κ3) is 6.86. The summed E-state index contributed by atoms with van der Waals surface area (Å²) in [4.78, 5) is 55.5. The van der Waals surface area contributed by atoms with Crippen molar-refractivity contribution in [3.63, 3.8) is 0 Å².